The van der Waals surface area contributed by atoms with Crippen molar-refractivity contribution in [3.8, 4) is 0 Å². The SMILES string of the molecule is Cc1c(CC(=O)N(CC2CC2)c2nccs2)c2cc(CO)ccc2n1C(=O)c1cccc(COOCc2ccccc2)c1. The van der Waals surface area contributed by atoms with Crippen molar-refractivity contribution >= 4 is 39.2 Å². The molecule has 220 valence electrons. The summed E-state index contributed by atoms with van der Waals surface area (Å²) in [5.74, 6) is 0.234. The molecule has 43 heavy (non-hydrogen) atoms. The van der Waals surface area contributed by atoms with Crippen LogP contribution in [-0.2, 0) is 40.8 Å². The van der Waals surface area contributed by atoms with E-state index in [1.165, 1.54) is 11.3 Å². The van der Waals surface area contributed by atoms with Crippen molar-refractivity contribution in [2.24, 2.45) is 5.92 Å². The normalized spacial score (nSPS) is 13.0. The standard InChI is InChI=1S/C34H33N3O5S/c1-23-29(18-32(39)36(19-24-10-11-24)34-35-14-15-43-34)30-17-26(20-38)12-13-31(30)37(23)33(40)28-9-5-8-27(16-28)22-42-41-21-25-6-3-2-4-7-25/h2-9,12-17,24,38H,10-11,18-22H2,1H3. The summed E-state index contributed by atoms with van der Waals surface area (Å²) in [7, 11) is 0. The Balaban J connectivity index is 1.26. The van der Waals surface area contributed by atoms with Gasteiger partial charge in [-0.1, -0.05) is 48.5 Å². The number of amides is 1. The van der Waals surface area contributed by atoms with Crippen LogP contribution in [0.15, 0.2) is 84.4 Å². The first-order valence-corrected chi connectivity index (χ1v) is 15.2. The summed E-state index contributed by atoms with van der Waals surface area (Å²) >= 11 is 1.45. The molecule has 1 fully saturated rings. The predicted molar refractivity (Wildman–Crippen MR) is 166 cm³/mol. The second-order valence-electron chi connectivity index (χ2n) is 10.9. The van der Waals surface area contributed by atoms with E-state index in [2.05, 4.69) is 4.98 Å². The summed E-state index contributed by atoms with van der Waals surface area (Å²) in [6.07, 6.45) is 4.07. The lowest BCUT2D eigenvalue weighted by Crippen LogP contribution is -2.34. The van der Waals surface area contributed by atoms with E-state index in [9.17, 15) is 14.7 Å². The third kappa shape index (κ3) is 6.60. The summed E-state index contributed by atoms with van der Waals surface area (Å²) in [6.45, 7) is 2.90. The van der Waals surface area contributed by atoms with Crippen LogP contribution in [0.25, 0.3) is 10.9 Å². The molecule has 0 atom stereocenters. The van der Waals surface area contributed by atoms with E-state index >= 15 is 0 Å². The molecule has 1 saturated carbocycles. The molecule has 1 amide bonds. The molecule has 5 aromatic rings. The largest absolute Gasteiger partial charge is 0.392 e. The Morgan fingerprint density at radius 3 is 2.47 bits per heavy atom. The minimum atomic E-state index is -0.209. The van der Waals surface area contributed by atoms with E-state index in [0.717, 1.165) is 40.5 Å². The minimum Gasteiger partial charge on any atom is -0.392 e. The Morgan fingerprint density at radius 1 is 0.977 bits per heavy atom. The van der Waals surface area contributed by atoms with Crippen LogP contribution in [0, 0.1) is 12.8 Å². The molecule has 8 nitrogen and oxygen atoms in total. The maximum Gasteiger partial charge on any atom is 0.262 e. The first-order chi connectivity index (χ1) is 21.0. The predicted octanol–water partition coefficient (Wildman–Crippen LogP) is 6.22. The van der Waals surface area contributed by atoms with E-state index in [-0.39, 0.29) is 31.4 Å². The molecule has 0 saturated heterocycles. The van der Waals surface area contributed by atoms with E-state index in [4.69, 9.17) is 9.78 Å². The average molecular weight is 596 g/mol. The van der Waals surface area contributed by atoms with Crippen molar-refractivity contribution in [2.75, 3.05) is 11.4 Å². The fraction of sp³-hybridized carbons (Fsp3) is 0.265. The number of carbonyl (C=O) groups is 2. The number of aromatic nitrogens is 2. The van der Waals surface area contributed by atoms with Gasteiger partial charge in [0.05, 0.1) is 18.5 Å². The highest BCUT2D eigenvalue weighted by atomic mass is 32.1. The topological polar surface area (TPSA) is 93.9 Å². The van der Waals surface area contributed by atoms with Gasteiger partial charge in [0.1, 0.15) is 13.2 Å². The van der Waals surface area contributed by atoms with Crippen molar-refractivity contribution in [1.82, 2.24) is 9.55 Å². The highest BCUT2D eigenvalue weighted by Crippen LogP contribution is 2.34. The summed E-state index contributed by atoms with van der Waals surface area (Å²) in [4.78, 5) is 44.8. The quantitative estimate of drug-likeness (QED) is 0.105. The van der Waals surface area contributed by atoms with Crippen molar-refractivity contribution < 1.29 is 24.5 Å². The molecule has 6 rings (SSSR count). The zero-order valence-corrected chi connectivity index (χ0v) is 24.8. The Hall–Kier alpha value is -4.15. The van der Waals surface area contributed by atoms with E-state index in [0.29, 0.717) is 41.0 Å². The molecule has 2 aromatic heterocycles. The van der Waals surface area contributed by atoms with Crippen LogP contribution in [0.1, 0.15) is 51.1 Å². The van der Waals surface area contributed by atoms with Crippen LogP contribution in [0.2, 0.25) is 0 Å². The Kier molecular flexibility index (Phi) is 8.76. The smallest absolute Gasteiger partial charge is 0.262 e. The summed E-state index contributed by atoms with van der Waals surface area (Å²) in [6, 6.07) is 22.5. The van der Waals surface area contributed by atoms with Gasteiger partial charge in [-0.3, -0.25) is 19.1 Å². The molecule has 0 unspecified atom stereocenters. The minimum absolute atomic E-state index is 0.0551. The van der Waals surface area contributed by atoms with E-state index in [1.807, 2.05) is 66.9 Å². The van der Waals surface area contributed by atoms with Gasteiger partial charge < -0.3 is 5.11 Å². The third-order valence-corrected chi connectivity index (χ3v) is 8.55. The molecular weight excluding hydrogens is 562 g/mol. The number of thiazole rings is 1. The summed E-state index contributed by atoms with van der Waals surface area (Å²) < 4.78 is 1.67. The number of aliphatic hydroxyl groups excluding tert-OH is 1. The average Bonchev–Trinajstić information content (AvgIpc) is 3.62. The monoisotopic (exact) mass is 595 g/mol. The van der Waals surface area contributed by atoms with E-state index in [1.54, 1.807) is 33.9 Å². The number of aliphatic hydroxyl groups is 1. The fourth-order valence-corrected chi connectivity index (χ4v) is 5.94. The Bertz CT molecular complexity index is 1730. The van der Waals surface area contributed by atoms with Crippen LogP contribution in [0.3, 0.4) is 0 Å². The van der Waals surface area contributed by atoms with Gasteiger partial charge in [-0.2, -0.15) is 0 Å². The fourth-order valence-electron chi connectivity index (χ4n) is 5.27. The van der Waals surface area contributed by atoms with E-state index < -0.39 is 0 Å². The number of hydrogen-bond acceptors (Lipinski definition) is 7. The maximum atomic E-state index is 14.0. The molecule has 0 bridgehead atoms. The van der Waals surface area contributed by atoms with Gasteiger partial charge in [-0.05, 0) is 72.2 Å². The maximum absolute atomic E-state index is 14.0. The van der Waals surface area contributed by atoms with Crippen LogP contribution < -0.4 is 4.90 Å². The highest BCUT2D eigenvalue weighted by molar-refractivity contribution is 7.13. The number of anilines is 1. The van der Waals surface area contributed by atoms with Crippen molar-refractivity contribution in [3.05, 3.63) is 118 Å². The zero-order valence-electron chi connectivity index (χ0n) is 23.9. The van der Waals surface area contributed by atoms with Crippen LogP contribution in [0.5, 0.6) is 0 Å². The first-order valence-electron chi connectivity index (χ1n) is 14.4. The van der Waals surface area contributed by atoms with Gasteiger partial charge in [0, 0.05) is 34.8 Å². The molecule has 1 aliphatic carbocycles. The number of fused-ring (bicyclic) bond motifs is 1. The molecule has 0 spiro atoms. The number of nitrogens with zero attached hydrogens (tertiary/aromatic N) is 3. The molecule has 3 aromatic carbocycles. The Morgan fingerprint density at radius 2 is 1.74 bits per heavy atom. The van der Waals surface area contributed by atoms with Gasteiger partial charge in [0.2, 0.25) is 5.91 Å². The zero-order chi connectivity index (χ0) is 29.8. The van der Waals surface area contributed by atoms with Crippen LogP contribution in [0.4, 0.5) is 5.13 Å². The molecule has 2 heterocycles. The number of rotatable bonds is 12. The van der Waals surface area contributed by atoms with Gasteiger partial charge in [0.15, 0.2) is 5.13 Å². The molecule has 1 aliphatic rings. The van der Waals surface area contributed by atoms with Crippen LogP contribution in [-0.4, -0.2) is 33.0 Å². The molecule has 0 aliphatic heterocycles. The van der Waals surface area contributed by atoms with Gasteiger partial charge in [-0.25, -0.2) is 14.8 Å². The lowest BCUT2D eigenvalue weighted by Gasteiger charge is -2.20. The first kappa shape index (κ1) is 28.9. The lowest BCUT2D eigenvalue weighted by molar-refractivity contribution is -0.313. The molecular formula is C34H33N3O5S. The van der Waals surface area contributed by atoms with Crippen molar-refractivity contribution in [1.29, 1.82) is 0 Å². The third-order valence-electron chi connectivity index (χ3n) is 7.75. The Labute approximate surface area is 254 Å². The second kappa shape index (κ2) is 13.0. The highest BCUT2D eigenvalue weighted by Gasteiger charge is 2.30. The number of carbonyl (C=O) groups excluding carboxylic acids is 2. The number of benzene rings is 3. The van der Waals surface area contributed by atoms with Crippen molar-refractivity contribution in [3.63, 3.8) is 0 Å². The van der Waals surface area contributed by atoms with Gasteiger partial charge in [0.25, 0.3) is 5.91 Å². The molecule has 9 heteroatoms. The van der Waals surface area contributed by atoms with Gasteiger partial charge in [-0.15, -0.1) is 11.3 Å². The second-order valence-corrected chi connectivity index (χ2v) is 11.7. The number of hydrogen-bond donors (Lipinski definition) is 1. The van der Waals surface area contributed by atoms with Gasteiger partial charge >= 0.3 is 0 Å². The van der Waals surface area contributed by atoms with Crippen molar-refractivity contribution in [2.45, 2.75) is 46.0 Å². The lowest BCUT2D eigenvalue weighted by atomic mass is 10.0. The summed E-state index contributed by atoms with van der Waals surface area (Å²) in [5, 5.41) is 13.2. The molecule has 0 radical (unpaired) electrons. The van der Waals surface area contributed by atoms with Crippen LogP contribution >= 0.6 is 11.3 Å². The summed E-state index contributed by atoms with van der Waals surface area (Å²) in [5.41, 5.74) is 5.17. The molecule has 1 N–H and O–H groups in total.